The van der Waals surface area contributed by atoms with Crippen LogP contribution in [0.1, 0.15) is 16.8 Å². The smallest absolute Gasteiger partial charge is 0.264 e. The Morgan fingerprint density at radius 2 is 1.80 bits per heavy atom. The summed E-state index contributed by atoms with van der Waals surface area (Å²) in [5.74, 6) is -0.366. The average Bonchev–Trinajstić information content (AvgIpc) is 3.14. The Morgan fingerprint density at radius 1 is 1.12 bits per heavy atom. The zero-order valence-corrected chi connectivity index (χ0v) is 14.8. The first-order chi connectivity index (χ1) is 12.0. The minimum atomic E-state index is -3.84. The molecule has 1 fully saturated rings. The van der Waals surface area contributed by atoms with E-state index in [0.29, 0.717) is 12.2 Å². The number of anilines is 1. The summed E-state index contributed by atoms with van der Waals surface area (Å²) in [5.41, 5.74) is 0.704. The molecule has 132 valence electrons. The lowest BCUT2D eigenvalue weighted by Gasteiger charge is -2.21. The molecule has 1 aliphatic rings. The number of nitrogens with zero attached hydrogens (tertiary/aromatic N) is 1. The van der Waals surface area contributed by atoms with Gasteiger partial charge in [-0.25, -0.2) is 8.42 Å². The molecule has 2 aromatic carbocycles. The second-order valence-electron chi connectivity index (χ2n) is 5.97. The van der Waals surface area contributed by atoms with Crippen LogP contribution in [-0.2, 0) is 10.0 Å². The van der Waals surface area contributed by atoms with E-state index in [1.807, 2.05) is 6.07 Å². The van der Waals surface area contributed by atoms with Gasteiger partial charge in [0.05, 0.1) is 11.3 Å². The maximum absolute atomic E-state index is 13.0. The third kappa shape index (κ3) is 3.67. The predicted octanol–water partition coefficient (Wildman–Crippen LogP) is 1.60. The molecule has 1 unspecified atom stereocenters. The van der Waals surface area contributed by atoms with Crippen molar-refractivity contribution >= 4 is 21.6 Å². The summed E-state index contributed by atoms with van der Waals surface area (Å²) in [6.45, 7) is 1.55. The molecule has 1 atom stereocenters. The van der Waals surface area contributed by atoms with Gasteiger partial charge in [0, 0.05) is 19.6 Å². The van der Waals surface area contributed by atoms with Crippen molar-refractivity contribution in [2.45, 2.75) is 17.4 Å². The van der Waals surface area contributed by atoms with Gasteiger partial charge in [-0.2, -0.15) is 0 Å². The highest BCUT2D eigenvalue weighted by atomic mass is 32.2. The summed E-state index contributed by atoms with van der Waals surface area (Å²) in [6, 6.07) is 15.1. The van der Waals surface area contributed by atoms with Gasteiger partial charge in [-0.05, 0) is 37.2 Å². The summed E-state index contributed by atoms with van der Waals surface area (Å²) in [7, 11) is -2.36. The summed E-state index contributed by atoms with van der Waals surface area (Å²) in [5, 5.41) is 6.07. The van der Waals surface area contributed by atoms with Crippen molar-refractivity contribution in [2.75, 3.05) is 24.4 Å². The molecule has 3 rings (SSSR count). The lowest BCUT2D eigenvalue weighted by atomic mass is 10.2. The predicted molar refractivity (Wildman–Crippen MR) is 97.2 cm³/mol. The summed E-state index contributed by atoms with van der Waals surface area (Å²) in [4.78, 5) is 12.6. The number of nitrogens with one attached hydrogen (secondary N) is 2. The van der Waals surface area contributed by atoms with Crippen molar-refractivity contribution in [3.63, 3.8) is 0 Å². The van der Waals surface area contributed by atoms with Gasteiger partial charge < -0.3 is 10.6 Å². The van der Waals surface area contributed by atoms with E-state index in [1.165, 1.54) is 17.4 Å². The van der Waals surface area contributed by atoms with Crippen molar-refractivity contribution in [3.05, 3.63) is 60.2 Å². The van der Waals surface area contributed by atoms with Crippen molar-refractivity contribution in [1.29, 1.82) is 0 Å². The van der Waals surface area contributed by atoms with E-state index < -0.39 is 10.0 Å². The maximum atomic E-state index is 13.0. The van der Waals surface area contributed by atoms with Crippen LogP contribution in [0.4, 0.5) is 5.69 Å². The molecule has 0 aliphatic carbocycles. The highest BCUT2D eigenvalue weighted by Gasteiger charge is 2.28. The van der Waals surface area contributed by atoms with E-state index in [1.54, 1.807) is 42.5 Å². The van der Waals surface area contributed by atoms with Crippen LogP contribution in [0.5, 0.6) is 0 Å². The molecular formula is C18H21N3O3S. The van der Waals surface area contributed by atoms with Crippen LogP contribution < -0.4 is 14.9 Å². The van der Waals surface area contributed by atoms with Crippen LogP contribution in [0, 0.1) is 0 Å². The molecule has 1 aliphatic heterocycles. The molecule has 1 saturated heterocycles. The number of amides is 1. The fraction of sp³-hybridized carbons (Fsp3) is 0.278. The van der Waals surface area contributed by atoms with E-state index in [0.717, 1.165) is 13.0 Å². The van der Waals surface area contributed by atoms with E-state index >= 15 is 0 Å². The van der Waals surface area contributed by atoms with Crippen molar-refractivity contribution in [3.8, 4) is 0 Å². The Morgan fingerprint density at radius 3 is 2.48 bits per heavy atom. The first-order valence-electron chi connectivity index (χ1n) is 8.15. The van der Waals surface area contributed by atoms with Crippen molar-refractivity contribution < 1.29 is 13.2 Å². The van der Waals surface area contributed by atoms with Gasteiger partial charge in [-0.1, -0.05) is 30.3 Å². The third-order valence-corrected chi connectivity index (χ3v) is 6.13. The van der Waals surface area contributed by atoms with Gasteiger partial charge in [0.2, 0.25) is 0 Å². The molecular weight excluding hydrogens is 338 g/mol. The number of benzene rings is 2. The van der Waals surface area contributed by atoms with Crippen LogP contribution in [0.2, 0.25) is 0 Å². The first kappa shape index (κ1) is 17.4. The summed E-state index contributed by atoms with van der Waals surface area (Å²) < 4.78 is 27.2. The molecule has 1 amide bonds. The van der Waals surface area contributed by atoms with Gasteiger partial charge in [0.1, 0.15) is 4.90 Å². The Balaban J connectivity index is 1.92. The first-order valence-corrected chi connectivity index (χ1v) is 9.59. The molecule has 7 heteroatoms. The van der Waals surface area contributed by atoms with Crippen LogP contribution in [0.3, 0.4) is 0 Å². The standard InChI is InChI=1S/C18H21N3O3S/c1-21(15-7-3-2-4-8-15)25(23,24)17-10-6-5-9-16(17)18(22)20-14-11-12-19-13-14/h2-10,14,19H,11-13H2,1H3,(H,20,22). The number of carbonyl (C=O) groups excluding carboxylic acids is 1. The minimum absolute atomic E-state index is 0.00445. The molecule has 0 bridgehead atoms. The van der Waals surface area contributed by atoms with Gasteiger partial charge in [0.25, 0.3) is 15.9 Å². The van der Waals surface area contributed by atoms with Crippen LogP contribution in [0.25, 0.3) is 0 Å². The Bertz CT molecular complexity index is 847. The van der Waals surface area contributed by atoms with Gasteiger partial charge in [-0.15, -0.1) is 0 Å². The molecule has 2 aromatic rings. The monoisotopic (exact) mass is 359 g/mol. The van der Waals surface area contributed by atoms with Gasteiger partial charge in [0.15, 0.2) is 0 Å². The number of carbonyl (C=O) groups is 1. The van der Waals surface area contributed by atoms with Crippen LogP contribution >= 0.6 is 0 Å². The van der Waals surface area contributed by atoms with Crippen molar-refractivity contribution in [1.82, 2.24) is 10.6 Å². The highest BCUT2D eigenvalue weighted by molar-refractivity contribution is 7.92. The molecule has 25 heavy (non-hydrogen) atoms. The van der Waals surface area contributed by atoms with E-state index in [4.69, 9.17) is 0 Å². The second-order valence-corrected chi connectivity index (χ2v) is 7.91. The second kappa shape index (κ2) is 7.25. The topological polar surface area (TPSA) is 78.5 Å². The number of rotatable bonds is 5. The van der Waals surface area contributed by atoms with Crippen molar-refractivity contribution in [2.24, 2.45) is 0 Å². The maximum Gasteiger partial charge on any atom is 0.264 e. The zero-order chi connectivity index (χ0) is 17.9. The average molecular weight is 359 g/mol. The third-order valence-electron chi connectivity index (χ3n) is 4.29. The fourth-order valence-electron chi connectivity index (χ4n) is 2.84. The number of sulfonamides is 1. The lowest BCUT2D eigenvalue weighted by Crippen LogP contribution is -2.37. The van der Waals surface area contributed by atoms with E-state index in [2.05, 4.69) is 10.6 Å². The fourth-order valence-corrected chi connectivity index (χ4v) is 4.23. The van der Waals surface area contributed by atoms with E-state index in [-0.39, 0.29) is 22.4 Å². The van der Waals surface area contributed by atoms with Crippen LogP contribution in [-0.4, -0.2) is 40.5 Å². The quantitative estimate of drug-likeness (QED) is 0.850. The minimum Gasteiger partial charge on any atom is -0.348 e. The number of hydrogen-bond acceptors (Lipinski definition) is 4. The van der Waals surface area contributed by atoms with Crippen LogP contribution in [0.15, 0.2) is 59.5 Å². The molecule has 0 saturated carbocycles. The SMILES string of the molecule is CN(c1ccccc1)S(=O)(=O)c1ccccc1C(=O)NC1CCNC1. The lowest BCUT2D eigenvalue weighted by molar-refractivity contribution is 0.0936. The molecule has 1 heterocycles. The highest BCUT2D eigenvalue weighted by Crippen LogP contribution is 2.24. The summed E-state index contributed by atoms with van der Waals surface area (Å²) in [6.07, 6.45) is 0.838. The Labute approximate surface area is 147 Å². The van der Waals surface area contributed by atoms with Gasteiger partial charge in [-0.3, -0.25) is 9.10 Å². The molecule has 6 nitrogen and oxygen atoms in total. The number of hydrogen-bond donors (Lipinski definition) is 2. The zero-order valence-electron chi connectivity index (χ0n) is 14.0. The normalized spacial score (nSPS) is 17.2. The summed E-state index contributed by atoms with van der Waals surface area (Å²) >= 11 is 0. The molecule has 0 spiro atoms. The van der Waals surface area contributed by atoms with E-state index in [9.17, 15) is 13.2 Å². The molecule has 0 aromatic heterocycles. The largest absolute Gasteiger partial charge is 0.348 e. The van der Waals surface area contributed by atoms with Gasteiger partial charge >= 0.3 is 0 Å². The number of para-hydroxylation sites is 1. The Kier molecular flexibility index (Phi) is 5.06. The molecule has 2 N–H and O–H groups in total. The molecule has 0 radical (unpaired) electrons. The Hall–Kier alpha value is -2.38.